The first-order valence-corrected chi connectivity index (χ1v) is 7.13. The molecule has 0 unspecified atom stereocenters. The van der Waals surface area contributed by atoms with Crippen LogP contribution in [0.15, 0.2) is 0 Å². The summed E-state index contributed by atoms with van der Waals surface area (Å²) in [5, 5.41) is 2.99. The van der Waals surface area contributed by atoms with E-state index in [1.807, 2.05) is 27.7 Å². The zero-order valence-corrected chi connectivity index (χ0v) is 13.9. The minimum Gasteiger partial charge on any atom is -0.356 e. The molecular formula is C16H31NO2. The largest absolute Gasteiger partial charge is 0.356 e. The average Bonchev–Trinajstić information content (AvgIpc) is 2.25. The quantitative estimate of drug-likeness (QED) is 0.768. The van der Waals surface area contributed by atoms with E-state index >= 15 is 0 Å². The standard InChI is InChI=1S/C16H31NO2/c1-9-14(3,4)11-17-13(19)10-15(5,6)16(7,8)12(2)18/h9-11H2,1-8H3,(H,17,19). The molecule has 0 aromatic heterocycles. The van der Waals surface area contributed by atoms with Crippen LogP contribution in [-0.4, -0.2) is 18.2 Å². The van der Waals surface area contributed by atoms with Crippen LogP contribution in [0.4, 0.5) is 0 Å². The SMILES string of the molecule is CCC(C)(C)CNC(=O)CC(C)(C)C(C)(C)C(C)=O. The van der Waals surface area contributed by atoms with Crippen molar-refractivity contribution in [3.05, 3.63) is 0 Å². The Morgan fingerprint density at radius 2 is 1.47 bits per heavy atom. The topological polar surface area (TPSA) is 46.2 Å². The van der Waals surface area contributed by atoms with Gasteiger partial charge in [-0.15, -0.1) is 0 Å². The maximum atomic E-state index is 12.1. The smallest absolute Gasteiger partial charge is 0.220 e. The van der Waals surface area contributed by atoms with E-state index in [0.29, 0.717) is 13.0 Å². The van der Waals surface area contributed by atoms with Crippen molar-refractivity contribution >= 4 is 11.7 Å². The minimum atomic E-state index is -0.495. The van der Waals surface area contributed by atoms with Crippen LogP contribution in [0, 0.1) is 16.2 Å². The van der Waals surface area contributed by atoms with Gasteiger partial charge in [-0.2, -0.15) is 0 Å². The highest BCUT2D eigenvalue weighted by Gasteiger charge is 2.42. The molecule has 1 N–H and O–H groups in total. The lowest BCUT2D eigenvalue weighted by atomic mass is 9.64. The fourth-order valence-corrected chi connectivity index (χ4v) is 1.62. The van der Waals surface area contributed by atoms with E-state index in [1.165, 1.54) is 0 Å². The van der Waals surface area contributed by atoms with E-state index in [-0.39, 0.29) is 22.5 Å². The molecule has 112 valence electrons. The third-order valence-corrected chi connectivity index (χ3v) is 4.90. The molecule has 0 heterocycles. The van der Waals surface area contributed by atoms with E-state index in [9.17, 15) is 9.59 Å². The number of amides is 1. The number of carbonyl (C=O) groups is 2. The van der Waals surface area contributed by atoms with Crippen LogP contribution in [0.5, 0.6) is 0 Å². The molecule has 0 aromatic rings. The van der Waals surface area contributed by atoms with Crippen LogP contribution < -0.4 is 5.32 Å². The third kappa shape index (κ3) is 4.96. The van der Waals surface area contributed by atoms with Crippen LogP contribution in [0.25, 0.3) is 0 Å². The molecule has 0 saturated carbocycles. The lowest BCUT2D eigenvalue weighted by molar-refractivity contribution is -0.134. The van der Waals surface area contributed by atoms with E-state index < -0.39 is 5.41 Å². The molecular weight excluding hydrogens is 238 g/mol. The molecule has 0 fully saturated rings. The lowest BCUT2D eigenvalue weighted by Crippen LogP contribution is -2.43. The highest BCUT2D eigenvalue weighted by molar-refractivity contribution is 5.84. The Kier molecular flexibility index (Phi) is 5.79. The zero-order chi connectivity index (χ0) is 15.5. The lowest BCUT2D eigenvalue weighted by Gasteiger charge is -2.39. The predicted octanol–water partition coefficient (Wildman–Crippen LogP) is 3.57. The Bertz CT molecular complexity index is 341. The van der Waals surface area contributed by atoms with Gasteiger partial charge in [0, 0.05) is 18.4 Å². The van der Waals surface area contributed by atoms with Gasteiger partial charge in [-0.3, -0.25) is 9.59 Å². The number of ketones is 1. The summed E-state index contributed by atoms with van der Waals surface area (Å²) >= 11 is 0. The highest BCUT2D eigenvalue weighted by Crippen LogP contribution is 2.41. The Hall–Kier alpha value is -0.860. The number of hydrogen-bond acceptors (Lipinski definition) is 2. The first-order chi connectivity index (χ1) is 8.35. The van der Waals surface area contributed by atoms with Gasteiger partial charge in [0.1, 0.15) is 5.78 Å². The van der Waals surface area contributed by atoms with E-state index in [2.05, 4.69) is 26.1 Å². The summed E-state index contributed by atoms with van der Waals surface area (Å²) in [6.07, 6.45) is 1.40. The number of Topliss-reactive ketones (excluding diaryl/α,β-unsaturated/α-hetero) is 1. The van der Waals surface area contributed by atoms with Crippen molar-refractivity contribution in [1.82, 2.24) is 5.32 Å². The highest BCUT2D eigenvalue weighted by atomic mass is 16.1. The molecule has 0 bridgehead atoms. The Morgan fingerprint density at radius 3 is 1.84 bits per heavy atom. The van der Waals surface area contributed by atoms with Gasteiger partial charge in [-0.1, -0.05) is 48.5 Å². The van der Waals surface area contributed by atoms with Crippen LogP contribution in [0.2, 0.25) is 0 Å². The number of rotatable bonds is 7. The van der Waals surface area contributed by atoms with Gasteiger partial charge in [-0.25, -0.2) is 0 Å². The molecule has 0 aliphatic heterocycles. The average molecular weight is 269 g/mol. The molecule has 0 aliphatic carbocycles. The van der Waals surface area contributed by atoms with Crippen LogP contribution in [-0.2, 0) is 9.59 Å². The van der Waals surface area contributed by atoms with Crippen molar-refractivity contribution in [3.8, 4) is 0 Å². The molecule has 3 heteroatoms. The summed E-state index contributed by atoms with van der Waals surface area (Å²) in [4.78, 5) is 23.8. The monoisotopic (exact) mass is 269 g/mol. The van der Waals surface area contributed by atoms with Crippen LogP contribution in [0.3, 0.4) is 0 Å². The Labute approximate surface area is 118 Å². The van der Waals surface area contributed by atoms with Crippen molar-refractivity contribution in [2.24, 2.45) is 16.2 Å². The summed E-state index contributed by atoms with van der Waals surface area (Å²) in [5.74, 6) is 0.153. The van der Waals surface area contributed by atoms with Crippen LogP contribution >= 0.6 is 0 Å². The van der Waals surface area contributed by atoms with Crippen molar-refractivity contribution < 1.29 is 9.59 Å². The molecule has 0 saturated heterocycles. The molecule has 0 atom stereocenters. The van der Waals surface area contributed by atoms with Gasteiger partial charge in [0.05, 0.1) is 0 Å². The molecule has 0 aromatic carbocycles. The molecule has 0 aliphatic rings. The summed E-state index contributed by atoms with van der Waals surface area (Å²) < 4.78 is 0. The first-order valence-electron chi connectivity index (χ1n) is 7.13. The molecule has 0 radical (unpaired) electrons. The minimum absolute atomic E-state index is 0.0286. The number of hydrogen-bond donors (Lipinski definition) is 1. The normalized spacial score (nSPS) is 13.3. The molecule has 0 rings (SSSR count). The fourth-order valence-electron chi connectivity index (χ4n) is 1.62. The fraction of sp³-hybridized carbons (Fsp3) is 0.875. The van der Waals surface area contributed by atoms with Gasteiger partial charge < -0.3 is 5.32 Å². The van der Waals surface area contributed by atoms with Crippen LogP contribution in [0.1, 0.15) is 68.2 Å². The van der Waals surface area contributed by atoms with E-state index in [4.69, 9.17) is 0 Å². The third-order valence-electron chi connectivity index (χ3n) is 4.90. The predicted molar refractivity (Wildman–Crippen MR) is 79.9 cm³/mol. The van der Waals surface area contributed by atoms with Gasteiger partial charge in [-0.05, 0) is 24.2 Å². The summed E-state index contributed by atoms with van der Waals surface area (Å²) in [6, 6.07) is 0. The van der Waals surface area contributed by atoms with Crippen molar-refractivity contribution in [3.63, 3.8) is 0 Å². The zero-order valence-electron chi connectivity index (χ0n) is 13.9. The summed E-state index contributed by atoms with van der Waals surface area (Å²) in [6.45, 7) is 16.5. The molecule has 19 heavy (non-hydrogen) atoms. The van der Waals surface area contributed by atoms with E-state index in [0.717, 1.165) is 6.42 Å². The summed E-state index contributed by atoms with van der Waals surface area (Å²) in [5.41, 5.74) is -0.722. The number of nitrogens with one attached hydrogen (secondary N) is 1. The van der Waals surface area contributed by atoms with Gasteiger partial charge >= 0.3 is 0 Å². The second kappa shape index (κ2) is 6.06. The second-order valence-corrected chi connectivity index (χ2v) is 7.54. The maximum Gasteiger partial charge on any atom is 0.220 e. The second-order valence-electron chi connectivity index (χ2n) is 7.54. The Balaban J connectivity index is 4.60. The van der Waals surface area contributed by atoms with Crippen molar-refractivity contribution in [1.29, 1.82) is 0 Å². The molecule has 0 spiro atoms. The van der Waals surface area contributed by atoms with Crippen molar-refractivity contribution in [2.45, 2.75) is 68.2 Å². The van der Waals surface area contributed by atoms with E-state index in [1.54, 1.807) is 6.92 Å². The number of carbonyl (C=O) groups excluding carboxylic acids is 2. The maximum absolute atomic E-state index is 12.1. The molecule has 1 amide bonds. The summed E-state index contributed by atoms with van der Waals surface area (Å²) in [7, 11) is 0. The van der Waals surface area contributed by atoms with Gasteiger partial charge in [0.25, 0.3) is 0 Å². The van der Waals surface area contributed by atoms with Gasteiger partial charge in [0.15, 0.2) is 0 Å². The first kappa shape index (κ1) is 18.1. The Morgan fingerprint density at radius 1 is 1.00 bits per heavy atom. The van der Waals surface area contributed by atoms with Crippen molar-refractivity contribution in [2.75, 3.05) is 6.54 Å². The molecule has 3 nitrogen and oxygen atoms in total. The van der Waals surface area contributed by atoms with Gasteiger partial charge in [0.2, 0.25) is 5.91 Å².